The number of nitrogens with one attached hydrogen (secondary N) is 1. The van der Waals surface area contributed by atoms with Gasteiger partial charge in [0.1, 0.15) is 23.8 Å². The second-order valence-electron chi connectivity index (χ2n) is 9.67. The van der Waals surface area contributed by atoms with Crippen molar-refractivity contribution in [2.75, 3.05) is 20.2 Å². The normalized spacial score (nSPS) is 14.2. The Labute approximate surface area is 238 Å². The lowest BCUT2D eigenvalue weighted by atomic mass is 10.1. The van der Waals surface area contributed by atoms with Crippen LogP contribution >= 0.6 is 11.6 Å². The maximum atomic E-state index is 14.3. The molecule has 1 N–H and O–H groups in total. The number of carbonyl (C=O) groups is 1. The van der Waals surface area contributed by atoms with Crippen LogP contribution in [0.2, 0.25) is 5.02 Å². The van der Waals surface area contributed by atoms with E-state index in [4.69, 9.17) is 30.2 Å². The van der Waals surface area contributed by atoms with Crippen molar-refractivity contribution in [3.63, 3.8) is 0 Å². The lowest BCUT2D eigenvalue weighted by Gasteiger charge is -2.25. The third-order valence-electron chi connectivity index (χ3n) is 6.89. The number of ether oxygens (including phenoxy) is 3. The zero-order valence-corrected chi connectivity index (χ0v) is 22.7. The van der Waals surface area contributed by atoms with Crippen LogP contribution in [-0.4, -0.2) is 26.2 Å². The van der Waals surface area contributed by atoms with Gasteiger partial charge in [-0.15, -0.1) is 0 Å². The lowest BCUT2D eigenvalue weighted by molar-refractivity contribution is -0.918. The zero-order valence-electron chi connectivity index (χ0n) is 22.0. The van der Waals surface area contributed by atoms with Gasteiger partial charge in [0.25, 0.3) is 5.76 Å². The highest BCUT2D eigenvalue weighted by atomic mass is 35.5. The summed E-state index contributed by atoms with van der Waals surface area (Å²) in [7, 11) is 1.49. The SMILES string of the molecule is COc1ccc(C(=O)Oc2ccc3c(=O)c(Oc4ccc(Cl)cc4)c(C(F)(F)F)oc3c2C[NH+]2CCCCC2)cc1. The minimum atomic E-state index is -5.06. The summed E-state index contributed by atoms with van der Waals surface area (Å²) in [5, 5.41) is 0.220. The fraction of sp³-hybridized carbons (Fsp3) is 0.267. The van der Waals surface area contributed by atoms with Crippen LogP contribution < -0.4 is 24.5 Å². The number of hydrogen-bond acceptors (Lipinski definition) is 6. The Balaban J connectivity index is 1.63. The highest BCUT2D eigenvalue weighted by Crippen LogP contribution is 2.40. The van der Waals surface area contributed by atoms with Crippen molar-refractivity contribution < 1.29 is 41.5 Å². The third kappa shape index (κ3) is 6.34. The van der Waals surface area contributed by atoms with Gasteiger partial charge in [0.15, 0.2) is 5.58 Å². The number of esters is 1. The average Bonchev–Trinajstić information content (AvgIpc) is 2.96. The van der Waals surface area contributed by atoms with Gasteiger partial charge in [0.2, 0.25) is 11.2 Å². The van der Waals surface area contributed by atoms with Crippen LogP contribution in [0.1, 0.15) is 40.9 Å². The van der Waals surface area contributed by atoms with Gasteiger partial charge < -0.3 is 23.5 Å². The molecule has 7 nitrogen and oxygen atoms in total. The summed E-state index contributed by atoms with van der Waals surface area (Å²) in [6, 6.07) is 14.4. The number of fused-ring (bicyclic) bond motifs is 1. The number of hydrogen-bond donors (Lipinski definition) is 1. The van der Waals surface area contributed by atoms with Gasteiger partial charge in [0, 0.05) is 5.02 Å². The highest BCUT2D eigenvalue weighted by Gasteiger charge is 2.41. The summed E-state index contributed by atoms with van der Waals surface area (Å²) in [6.07, 6.45) is -2.12. The van der Waals surface area contributed by atoms with Crippen molar-refractivity contribution >= 4 is 28.5 Å². The smallest absolute Gasteiger partial charge is 0.453 e. The molecule has 4 aromatic rings. The van der Waals surface area contributed by atoms with Gasteiger partial charge in [-0.1, -0.05) is 11.6 Å². The van der Waals surface area contributed by atoms with Gasteiger partial charge in [-0.3, -0.25) is 4.79 Å². The Morgan fingerprint density at radius 2 is 1.61 bits per heavy atom. The predicted octanol–water partition coefficient (Wildman–Crippen LogP) is 6.05. The van der Waals surface area contributed by atoms with Crippen LogP contribution in [0.4, 0.5) is 13.2 Å². The number of rotatable bonds is 7. The first-order valence-electron chi connectivity index (χ1n) is 13.0. The van der Waals surface area contributed by atoms with Crippen LogP contribution in [0.5, 0.6) is 23.0 Å². The summed E-state index contributed by atoms with van der Waals surface area (Å²) < 4.78 is 64.5. The number of alkyl halides is 3. The van der Waals surface area contributed by atoms with E-state index >= 15 is 0 Å². The van der Waals surface area contributed by atoms with Crippen molar-refractivity contribution in [3.05, 3.63) is 92.8 Å². The first-order chi connectivity index (χ1) is 19.6. The molecule has 0 spiro atoms. The van der Waals surface area contributed by atoms with Gasteiger partial charge in [-0.2, -0.15) is 13.2 Å². The molecule has 1 aliphatic heterocycles. The molecule has 0 saturated carbocycles. The van der Waals surface area contributed by atoms with Gasteiger partial charge >= 0.3 is 12.1 Å². The monoisotopic (exact) mass is 588 g/mol. The van der Waals surface area contributed by atoms with E-state index < -0.39 is 29.1 Å². The lowest BCUT2D eigenvalue weighted by Crippen LogP contribution is -3.11. The number of methoxy groups -OCH3 is 1. The molecular weight excluding hydrogens is 563 g/mol. The Kier molecular flexibility index (Phi) is 8.23. The Bertz CT molecular complexity index is 1610. The van der Waals surface area contributed by atoms with Crippen molar-refractivity contribution in [3.8, 4) is 23.0 Å². The quantitative estimate of drug-likeness (QED) is 0.209. The molecule has 214 valence electrons. The molecule has 5 rings (SSSR count). The summed E-state index contributed by atoms with van der Waals surface area (Å²) in [4.78, 5) is 27.6. The van der Waals surface area contributed by atoms with Crippen molar-refractivity contribution in [2.45, 2.75) is 32.0 Å². The number of benzene rings is 3. The van der Waals surface area contributed by atoms with Crippen LogP contribution in [0.25, 0.3) is 11.0 Å². The molecule has 0 unspecified atom stereocenters. The van der Waals surface area contributed by atoms with Crippen LogP contribution in [-0.2, 0) is 12.7 Å². The number of quaternary nitrogens is 1. The number of piperidine rings is 1. The van der Waals surface area contributed by atoms with Crippen LogP contribution in [0.3, 0.4) is 0 Å². The topological polar surface area (TPSA) is 79.4 Å². The molecule has 2 heterocycles. The molecule has 41 heavy (non-hydrogen) atoms. The number of carbonyl (C=O) groups excluding carboxylic acids is 1. The van der Waals surface area contributed by atoms with E-state index in [0.717, 1.165) is 37.3 Å². The van der Waals surface area contributed by atoms with E-state index in [9.17, 15) is 22.8 Å². The Morgan fingerprint density at radius 3 is 2.24 bits per heavy atom. The molecule has 0 amide bonds. The summed E-state index contributed by atoms with van der Waals surface area (Å²) in [5.41, 5.74) is -0.895. The van der Waals surface area contributed by atoms with E-state index in [1.54, 1.807) is 12.1 Å². The predicted molar refractivity (Wildman–Crippen MR) is 145 cm³/mol. The standard InChI is InChI=1S/C30H25ClF3NO6/c1-38-20-9-5-18(6-10-20)29(37)40-24-14-13-22-25(36)27(39-21-11-7-19(31)8-12-21)28(30(32,33)34)41-26(22)23(24)17-35-15-3-2-4-16-35/h5-14H,2-4,15-17H2,1H3/p+1. The summed E-state index contributed by atoms with van der Waals surface area (Å²) >= 11 is 5.87. The van der Waals surface area contributed by atoms with E-state index in [1.165, 1.54) is 55.6 Å². The second-order valence-corrected chi connectivity index (χ2v) is 10.1. The zero-order chi connectivity index (χ0) is 29.1. The van der Waals surface area contributed by atoms with Crippen molar-refractivity contribution in [1.82, 2.24) is 0 Å². The minimum Gasteiger partial charge on any atom is -0.497 e. The Hall–Kier alpha value is -4.02. The maximum Gasteiger partial charge on any atom is 0.453 e. The molecule has 1 saturated heterocycles. The number of likely N-dealkylation sites (tertiary alicyclic amines) is 1. The molecule has 3 aromatic carbocycles. The largest absolute Gasteiger partial charge is 0.497 e. The second kappa shape index (κ2) is 11.8. The molecular formula is C30H26ClF3NO6+. The van der Waals surface area contributed by atoms with Gasteiger partial charge in [-0.25, -0.2) is 4.79 Å². The molecule has 1 fully saturated rings. The van der Waals surface area contributed by atoms with Gasteiger partial charge in [0.05, 0.1) is 36.7 Å². The summed E-state index contributed by atoms with van der Waals surface area (Å²) in [5.74, 6) is -2.76. The summed E-state index contributed by atoms with van der Waals surface area (Å²) in [6.45, 7) is 1.74. The van der Waals surface area contributed by atoms with Crippen molar-refractivity contribution in [1.29, 1.82) is 0 Å². The maximum absolute atomic E-state index is 14.3. The van der Waals surface area contributed by atoms with E-state index in [1.807, 2.05) is 0 Å². The fourth-order valence-electron chi connectivity index (χ4n) is 4.81. The molecule has 11 heteroatoms. The first kappa shape index (κ1) is 28.5. The molecule has 0 atom stereocenters. The van der Waals surface area contributed by atoms with Crippen LogP contribution in [0.15, 0.2) is 69.9 Å². The van der Waals surface area contributed by atoms with Crippen LogP contribution in [0, 0.1) is 0 Å². The fourth-order valence-corrected chi connectivity index (χ4v) is 4.93. The van der Waals surface area contributed by atoms with E-state index in [2.05, 4.69) is 0 Å². The van der Waals surface area contributed by atoms with E-state index in [-0.39, 0.29) is 40.1 Å². The molecule has 0 radical (unpaired) electrons. The molecule has 0 bridgehead atoms. The van der Waals surface area contributed by atoms with Gasteiger partial charge in [-0.05, 0) is 79.9 Å². The average molecular weight is 589 g/mol. The molecule has 1 aromatic heterocycles. The molecule has 0 aliphatic carbocycles. The van der Waals surface area contributed by atoms with E-state index in [0.29, 0.717) is 10.8 Å². The minimum absolute atomic E-state index is 0.0130. The Morgan fingerprint density at radius 1 is 0.951 bits per heavy atom. The first-order valence-corrected chi connectivity index (χ1v) is 13.3. The number of halogens is 4. The third-order valence-corrected chi connectivity index (χ3v) is 7.14. The molecule has 1 aliphatic rings. The van der Waals surface area contributed by atoms with Crippen molar-refractivity contribution in [2.24, 2.45) is 0 Å². The highest BCUT2D eigenvalue weighted by molar-refractivity contribution is 6.30.